The molecule has 1 heterocycles. The average molecular weight is 336 g/mol. The number of nitrogens with one attached hydrogen (secondary N) is 2. The van der Waals surface area contributed by atoms with E-state index >= 15 is 0 Å². The van der Waals surface area contributed by atoms with E-state index in [4.69, 9.17) is 4.74 Å². The average Bonchev–Trinajstić information content (AvgIpc) is 2.60. The Hall–Kier alpha value is -2.45. The Morgan fingerprint density at radius 3 is 2.38 bits per heavy atom. The van der Waals surface area contributed by atoms with Crippen molar-refractivity contribution < 1.29 is 29.0 Å². The lowest BCUT2D eigenvalue weighted by Gasteiger charge is -2.31. The zero-order valence-corrected chi connectivity index (χ0v) is 13.3. The number of esters is 1. The fourth-order valence-corrected chi connectivity index (χ4v) is 2.25. The molecule has 130 valence electrons. The number of carbonyl (C=O) groups is 3. The van der Waals surface area contributed by atoms with Gasteiger partial charge in [-0.15, -0.1) is 0 Å². The number of hydrogen-bond acceptors (Lipinski definition) is 6. The van der Waals surface area contributed by atoms with Crippen LogP contribution in [0.2, 0.25) is 0 Å². The summed E-state index contributed by atoms with van der Waals surface area (Å²) in [5.41, 5.74) is -0.342. The summed E-state index contributed by atoms with van der Waals surface area (Å²) in [7, 11) is 1.27. The van der Waals surface area contributed by atoms with Crippen LogP contribution in [0, 0.1) is 0 Å². The molecule has 3 N–H and O–H groups in total. The second kappa shape index (κ2) is 7.89. The van der Waals surface area contributed by atoms with Crippen molar-refractivity contribution >= 4 is 23.5 Å². The Morgan fingerprint density at radius 2 is 1.79 bits per heavy atom. The van der Waals surface area contributed by atoms with E-state index in [2.05, 4.69) is 15.4 Å². The molecule has 0 atom stereocenters. The highest BCUT2D eigenvalue weighted by Gasteiger charge is 2.30. The minimum Gasteiger partial charge on any atom is -0.465 e. The zero-order valence-electron chi connectivity index (χ0n) is 13.3. The number of benzene rings is 1. The van der Waals surface area contributed by atoms with E-state index in [0.717, 1.165) is 0 Å². The van der Waals surface area contributed by atoms with Crippen LogP contribution >= 0.6 is 0 Å². The van der Waals surface area contributed by atoms with Gasteiger partial charge in [0, 0.05) is 38.3 Å². The first-order chi connectivity index (χ1) is 11.4. The van der Waals surface area contributed by atoms with E-state index in [9.17, 15) is 19.5 Å². The van der Waals surface area contributed by atoms with Crippen LogP contribution in [0.4, 0.5) is 5.69 Å². The monoisotopic (exact) mass is 336 g/mol. The molecule has 8 heteroatoms. The molecule has 2 rings (SSSR count). The smallest absolute Gasteiger partial charge is 0.337 e. The molecule has 1 fully saturated rings. The molecule has 0 saturated carbocycles. The third-order valence-corrected chi connectivity index (χ3v) is 3.77. The molecular formula is C16H20N2O6. The van der Waals surface area contributed by atoms with Crippen molar-refractivity contribution in [1.29, 1.82) is 0 Å². The van der Waals surface area contributed by atoms with Crippen LogP contribution in [0.1, 0.15) is 23.2 Å². The largest absolute Gasteiger partial charge is 0.465 e. The van der Waals surface area contributed by atoms with E-state index < -0.39 is 23.4 Å². The summed E-state index contributed by atoms with van der Waals surface area (Å²) in [6.07, 6.45) is 0.813. The van der Waals surface area contributed by atoms with E-state index in [1.807, 2.05) is 0 Å². The maximum atomic E-state index is 11.8. The van der Waals surface area contributed by atoms with Gasteiger partial charge in [-0.1, -0.05) is 0 Å². The summed E-state index contributed by atoms with van der Waals surface area (Å²) in [6.45, 7) is 0.833. The highest BCUT2D eigenvalue weighted by Crippen LogP contribution is 2.19. The van der Waals surface area contributed by atoms with E-state index in [1.165, 1.54) is 31.4 Å². The molecule has 0 radical (unpaired) electrons. The molecule has 1 aromatic rings. The Bertz CT molecular complexity index is 607. The number of rotatable bonds is 4. The molecule has 0 bridgehead atoms. The Kier molecular flexibility index (Phi) is 5.88. The van der Waals surface area contributed by atoms with Gasteiger partial charge in [0.1, 0.15) is 0 Å². The molecule has 2 amide bonds. The highest BCUT2D eigenvalue weighted by molar-refractivity contribution is 6.39. The fraction of sp³-hybridized carbons (Fsp3) is 0.438. The van der Waals surface area contributed by atoms with Crippen molar-refractivity contribution in [2.45, 2.75) is 18.4 Å². The molecule has 1 saturated heterocycles. The summed E-state index contributed by atoms with van der Waals surface area (Å²) < 4.78 is 9.72. The maximum Gasteiger partial charge on any atom is 0.337 e. The van der Waals surface area contributed by atoms with Crippen molar-refractivity contribution in [3.63, 3.8) is 0 Å². The van der Waals surface area contributed by atoms with Crippen molar-refractivity contribution in [3.8, 4) is 0 Å². The topological polar surface area (TPSA) is 114 Å². The number of aliphatic hydroxyl groups is 1. The summed E-state index contributed by atoms with van der Waals surface area (Å²) >= 11 is 0. The molecule has 1 aromatic carbocycles. The lowest BCUT2D eigenvalue weighted by molar-refractivity contribution is -0.137. The number of hydrogen-bond donors (Lipinski definition) is 3. The molecular weight excluding hydrogens is 316 g/mol. The minimum atomic E-state index is -1.05. The number of carbonyl (C=O) groups excluding carboxylic acids is 3. The Labute approximate surface area is 139 Å². The van der Waals surface area contributed by atoms with Gasteiger partial charge in [0.25, 0.3) is 0 Å². The summed E-state index contributed by atoms with van der Waals surface area (Å²) in [5, 5.41) is 15.1. The first-order valence-corrected chi connectivity index (χ1v) is 7.51. The predicted octanol–water partition coefficient (Wildman–Crippen LogP) is 0.0694. The first-order valence-electron chi connectivity index (χ1n) is 7.51. The Balaban J connectivity index is 1.85. The van der Waals surface area contributed by atoms with E-state index in [-0.39, 0.29) is 6.54 Å². The molecule has 1 aliphatic heterocycles. The van der Waals surface area contributed by atoms with Crippen LogP contribution < -0.4 is 10.6 Å². The van der Waals surface area contributed by atoms with Gasteiger partial charge in [0.05, 0.1) is 18.3 Å². The summed E-state index contributed by atoms with van der Waals surface area (Å²) in [5.74, 6) is -2.18. The molecule has 0 unspecified atom stereocenters. The molecule has 24 heavy (non-hydrogen) atoms. The number of methoxy groups -OCH3 is 1. The van der Waals surface area contributed by atoms with Gasteiger partial charge in [0.15, 0.2) is 0 Å². The maximum absolute atomic E-state index is 11.8. The van der Waals surface area contributed by atoms with E-state index in [1.54, 1.807) is 0 Å². The molecule has 0 spiro atoms. The normalized spacial score (nSPS) is 16.1. The number of ether oxygens (including phenoxy) is 2. The third-order valence-electron chi connectivity index (χ3n) is 3.77. The van der Waals surface area contributed by atoms with Crippen LogP contribution in [0.15, 0.2) is 24.3 Å². The van der Waals surface area contributed by atoms with Crippen molar-refractivity contribution in [2.24, 2.45) is 0 Å². The second-order valence-corrected chi connectivity index (χ2v) is 5.54. The van der Waals surface area contributed by atoms with Crippen LogP contribution in [-0.2, 0) is 19.1 Å². The van der Waals surface area contributed by atoms with Crippen molar-refractivity contribution in [3.05, 3.63) is 29.8 Å². The van der Waals surface area contributed by atoms with Gasteiger partial charge >= 0.3 is 17.8 Å². The fourth-order valence-electron chi connectivity index (χ4n) is 2.25. The molecule has 8 nitrogen and oxygen atoms in total. The van der Waals surface area contributed by atoms with Crippen LogP contribution in [0.3, 0.4) is 0 Å². The van der Waals surface area contributed by atoms with Gasteiger partial charge in [0.2, 0.25) is 0 Å². The Morgan fingerprint density at radius 1 is 1.17 bits per heavy atom. The summed E-state index contributed by atoms with van der Waals surface area (Å²) in [4.78, 5) is 35.0. The quantitative estimate of drug-likeness (QED) is 0.530. The zero-order chi connectivity index (χ0) is 17.6. The van der Waals surface area contributed by atoms with Gasteiger partial charge in [-0.3, -0.25) is 9.59 Å². The molecule has 0 aromatic heterocycles. The lowest BCUT2D eigenvalue weighted by atomic mass is 9.94. The lowest BCUT2D eigenvalue weighted by Crippen LogP contribution is -2.48. The SMILES string of the molecule is COC(=O)c1ccc(NC(=O)C(=O)NCC2(O)CCOCC2)cc1. The second-order valence-electron chi connectivity index (χ2n) is 5.54. The van der Waals surface area contributed by atoms with Crippen molar-refractivity contribution in [2.75, 3.05) is 32.2 Å². The van der Waals surface area contributed by atoms with Gasteiger partial charge in [-0.25, -0.2) is 4.79 Å². The van der Waals surface area contributed by atoms with Crippen LogP contribution in [0.25, 0.3) is 0 Å². The van der Waals surface area contributed by atoms with E-state index in [0.29, 0.717) is 37.3 Å². The molecule has 1 aliphatic rings. The highest BCUT2D eigenvalue weighted by atomic mass is 16.5. The standard InChI is InChI=1S/C16H20N2O6/c1-23-15(21)11-2-4-12(5-3-11)18-14(20)13(19)17-10-16(22)6-8-24-9-7-16/h2-5,22H,6-10H2,1H3,(H,17,19)(H,18,20). The van der Waals surface area contributed by atoms with Gasteiger partial charge < -0.3 is 25.2 Å². The number of anilines is 1. The predicted molar refractivity (Wildman–Crippen MR) is 84.4 cm³/mol. The first kappa shape index (κ1) is 17.9. The van der Waals surface area contributed by atoms with Crippen LogP contribution in [-0.4, -0.2) is 55.4 Å². The van der Waals surface area contributed by atoms with Crippen molar-refractivity contribution in [1.82, 2.24) is 5.32 Å². The third kappa shape index (κ3) is 4.77. The summed E-state index contributed by atoms with van der Waals surface area (Å²) in [6, 6.07) is 5.93. The molecule has 0 aliphatic carbocycles. The van der Waals surface area contributed by atoms with Crippen LogP contribution in [0.5, 0.6) is 0 Å². The number of amides is 2. The van der Waals surface area contributed by atoms with Gasteiger partial charge in [-0.05, 0) is 24.3 Å². The minimum absolute atomic E-state index is 0.0100. The van der Waals surface area contributed by atoms with Gasteiger partial charge in [-0.2, -0.15) is 0 Å².